The van der Waals surface area contributed by atoms with E-state index in [4.69, 9.17) is 4.52 Å². The normalized spacial score (nSPS) is 10.2. The molecule has 2 aromatic rings. The van der Waals surface area contributed by atoms with Gasteiger partial charge in [0.05, 0.1) is 6.54 Å². The monoisotopic (exact) mass is 207 g/mol. The van der Waals surface area contributed by atoms with Crippen LogP contribution in [0.5, 0.6) is 0 Å². The van der Waals surface area contributed by atoms with Gasteiger partial charge in [0.2, 0.25) is 5.89 Å². The fourth-order valence-corrected chi connectivity index (χ4v) is 1.03. The van der Waals surface area contributed by atoms with Gasteiger partial charge < -0.3 is 9.84 Å². The fourth-order valence-electron chi connectivity index (χ4n) is 1.03. The Kier molecular flexibility index (Phi) is 2.44. The number of rotatable bonds is 2. The van der Waals surface area contributed by atoms with Gasteiger partial charge in [-0.3, -0.25) is 4.57 Å². The maximum Gasteiger partial charge on any atom is 0.327 e. The lowest BCUT2D eigenvalue weighted by atomic mass is 10.6. The minimum Gasteiger partial charge on any atom is -0.337 e. The quantitative estimate of drug-likeness (QED) is 0.767. The molecule has 15 heavy (non-hydrogen) atoms. The number of nitrogens with one attached hydrogen (secondary N) is 1. The first-order valence-corrected chi connectivity index (χ1v) is 4.31. The Balaban J connectivity index is 1.91. The molecule has 0 fully saturated rings. The van der Waals surface area contributed by atoms with Crippen molar-refractivity contribution in [3.63, 3.8) is 0 Å². The third kappa shape index (κ3) is 2.19. The Morgan fingerprint density at radius 2 is 2.53 bits per heavy atom. The maximum atomic E-state index is 11.4. The molecule has 2 aromatic heterocycles. The molecule has 0 aliphatic heterocycles. The Bertz CT molecular complexity index is 447. The van der Waals surface area contributed by atoms with E-state index in [-0.39, 0.29) is 12.6 Å². The summed E-state index contributed by atoms with van der Waals surface area (Å²) in [7, 11) is 0. The highest BCUT2D eigenvalue weighted by molar-refractivity contribution is 5.76. The number of carbonyl (C=O) groups is 1. The van der Waals surface area contributed by atoms with Gasteiger partial charge >= 0.3 is 6.03 Å². The van der Waals surface area contributed by atoms with E-state index < -0.39 is 0 Å². The van der Waals surface area contributed by atoms with Crippen molar-refractivity contribution in [3.8, 4) is 0 Å². The zero-order chi connectivity index (χ0) is 10.7. The summed E-state index contributed by atoms with van der Waals surface area (Å²) in [5, 5.41) is 6.20. The molecule has 7 nitrogen and oxygen atoms in total. The van der Waals surface area contributed by atoms with Crippen LogP contribution in [0.1, 0.15) is 11.7 Å². The van der Waals surface area contributed by atoms with E-state index in [1.807, 2.05) is 0 Å². The third-order valence-corrected chi connectivity index (χ3v) is 1.70. The van der Waals surface area contributed by atoms with Gasteiger partial charge in [-0.05, 0) is 6.92 Å². The highest BCUT2D eigenvalue weighted by Gasteiger charge is 2.06. The Morgan fingerprint density at radius 1 is 1.67 bits per heavy atom. The highest BCUT2D eigenvalue weighted by Crippen LogP contribution is 1.95. The molecule has 0 unspecified atom stereocenters. The van der Waals surface area contributed by atoms with Gasteiger partial charge in [-0.1, -0.05) is 5.16 Å². The summed E-state index contributed by atoms with van der Waals surface area (Å²) >= 11 is 0. The number of hydrogen-bond acceptors (Lipinski definition) is 5. The first-order valence-electron chi connectivity index (χ1n) is 4.31. The van der Waals surface area contributed by atoms with Gasteiger partial charge in [0.15, 0.2) is 5.82 Å². The molecule has 0 bridgehead atoms. The van der Waals surface area contributed by atoms with Crippen molar-refractivity contribution in [2.45, 2.75) is 13.5 Å². The van der Waals surface area contributed by atoms with Crippen LogP contribution in [0.3, 0.4) is 0 Å². The van der Waals surface area contributed by atoms with Crippen LogP contribution in [0.2, 0.25) is 0 Å². The minimum atomic E-state index is -0.289. The standard InChI is InChI=1S/C8H9N5O2/c1-6-11-7(15-12-6)4-10-8(14)13-3-2-9-5-13/h2-3,5H,4H2,1H3,(H,10,14). The number of aromatic nitrogens is 4. The van der Waals surface area contributed by atoms with Gasteiger partial charge in [0.25, 0.3) is 0 Å². The van der Waals surface area contributed by atoms with E-state index in [1.165, 1.54) is 17.1 Å². The summed E-state index contributed by atoms with van der Waals surface area (Å²) in [4.78, 5) is 19.1. The van der Waals surface area contributed by atoms with Crippen molar-refractivity contribution in [2.75, 3.05) is 0 Å². The second kappa shape index (κ2) is 3.91. The predicted molar refractivity (Wildman–Crippen MR) is 48.9 cm³/mol. The molecule has 2 rings (SSSR count). The summed E-state index contributed by atoms with van der Waals surface area (Å²) in [6.45, 7) is 1.92. The maximum absolute atomic E-state index is 11.4. The zero-order valence-electron chi connectivity index (χ0n) is 8.04. The zero-order valence-corrected chi connectivity index (χ0v) is 8.04. The van der Waals surface area contributed by atoms with Crippen molar-refractivity contribution in [2.24, 2.45) is 0 Å². The molecule has 1 amide bonds. The smallest absolute Gasteiger partial charge is 0.327 e. The number of carbonyl (C=O) groups excluding carboxylic acids is 1. The summed E-state index contributed by atoms with van der Waals surface area (Å²) in [5.74, 6) is 0.919. The number of hydrogen-bond donors (Lipinski definition) is 1. The Labute approximate surface area is 85.1 Å². The molecule has 0 atom stereocenters. The van der Waals surface area contributed by atoms with E-state index in [0.717, 1.165) is 0 Å². The summed E-state index contributed by atoms with van der Waals surface area (Å²) in [6, 6.07) is -0.289. The second-order valence-corrected chi connectivity index (χ2v) is 2.86. The van der Waals surface area contributed by atoms with Crippen LogP contribution in [-0.4, -0.2) is 25.7 Å². The number of imidazole rings is 1. The third-order valence-electron chi connectivity index (χ3n) is 1.70. The SMILES string of the molecule is Cc1noc(CNC(=O)n2ccnc2)n1. The van der Waals surface area contributed by atoms with E-state index in [0.29, 0.717) is 11.7 Å². The summed E-state index contributed by atoms with van der Waals surface area (Å²) < 4.78 is 6.15. The van der Waals surface area contributed by atoms with Gasteiger partial charge in [0, 0.05) is 12.4 Å². The molecule has 7 heteroatoms. The minimum absolute atomic E-state index is 0.206. The first kappa shape index (κ1) is 9.38. The van der Waals surface area contributed by atoms with Gasteiger partial charge in [0.1, 0.15) is 6.33 Å². The molecular weight excluding hydrogens is 198 g/mol. The molecular formula is C8H9N5O2. The number of amides is 1. The molecule has 78 valence electrons. The Morgan fingerprint density at radius 3 is 3.13 bits per heavy atom. The molecule has 0 aliphatic carbocycles. The lowest BCUT2D eigenvalue weighted by Gasteiger charge is -2.00. The molecule has 0 spiro atoms. The van der Waals surface area contributed by atoms with Crippen LogP contribution in [0, 0.1) is 6.92 Å². The fraction of sp³-hybridized carbons (Fsp3) is 0.250. The van der Waals surface area contributed by atoms with Crippen LogP contribution < -0.4 is 5.32 Å². The van der Waals surface area contributed by atoms with E-state index in [9.17, 15) is 4.79 Å². The van der Waals surface area contributed by atoms with Crippen LogP contribution in [0.25, 0.3) is 0 Å². The van der Waals surface area contributed by atoms with E-state index in [1.54, 1.807) is 13.1 Å². The molecule has 0 aromatic carbocycles. The average Bonchev–Trinajstić information content (AvgIpc) is 2.84. The highest BCUT2D eigenvalue weighted by atomic mass is 16.5. The van der Waals surface area contributed by atoms with Crippen LogP contribution in [0.4, 0.5) is 4.79 Å². The first-order chi connectivity index (χ1) is 7.25. The lowest BCUT2D eigenvalue weighted by Crippen LogP contribution is -2.27. The van der Waals surface area contributed by atoms with Gasteiger partial charge in [-0.2, -0.15) is 4.98 Å². The van der Waals surface area contributed by atoms with Crippen molar-refractivity contribution >= 4 is 6.03 Å². The number of nitrogens with zero attached hydrogens (tertiary/aromatic N) is 4. The largest absolute Gasteiger partial charge is 0.337 e. The van der Waals surface area contributed by atoms with Crippen molar-refractivity contribution in [1.29, 1.82) is 0 Å². The van der Waals surface area contributed by atoms with Gasteiger partial charge in [-0.15, -0.1) is 0 Å². The molecule has 2 heterocycles. The van der Waals surface area contributed by atoms with E-state index in [2.05, 4.69) is 20.4 Å². The topological polar surface area (TPSA) is 85.8 Å². The van der Waals surface area contributed by atoms with E-state index >= 15 is 0 Å². The molecule has 0 saturated carbocycles. The van der Waals surface area contributed by atoms with Crippen molar-refractivity contribution < 1.29 is 9.32 Å². The molecule has 0 aliphatic rings. The predicted octanol–water partition coefficient (Wildman–Crippen LogP) is 0.332. The number of aryl methyl sites for hydroxylation is 1. The van der Waals surface area contributed by atoms with Crippen molar-refractivity contribution in [1.82, 2.24) is 25.0 Å². The molecule has 0 saturated heterocycles. The van der Waals surface area contributed by atoms with Crippen LogP contribution in [0.15, 0.2) is 23.2 Å². The van der Waals surface area contributed by atoms with Gasteiger partial charge in [-0.25, -0.2) is 9.78 Å². The summed E-state index contributed by atoms with van der Waals surface area (Å²) in [6.07, 6.45) is 4.49. The summed E-state index contributed by atoms with van der Waals surface area (Å²) in [5.41, 5.74) is 0. The molecule has 0 radical (unpaired) electrons. The van der Waals surface area contributed by atoms with Crippen LogP contribution in [-0.2, 0) is 6.54 Å². The molecule has 1 N–H and O–H groups in total. The lowest BCUT2D eigenvalue weighted by molar-refractivity contribution is 0.240. The second-order valence-electron chi connectivity index (χ2n) is 2.86. The Hall–Kier alpha value is -2.18. The van der Waals surface area contributed by atoms with Crippen LogP contribution >= 0.6 is 0 Å². The average molecular weight is 207 g/mol. The van der Waals surface area contributed by atoms with Crippen molar-refractivity contribution in [3.05, 3.63) is 30.4 Å².